The molecule has 5 heteroatoms. The zero-order valence-electron chi connectivity index (χ0n) is 10.3. The number of nitrogen functional groups attached to an aromatic ring is 1. The van der Waals surface area contributed by atoms with Gasteiger partial charge in [-0.15, -0.1) is 0 Å². The maximum atomic E-state index is 11.4. The van der Waals surface area contributed by atoms with Crippen LogP contribution < -0.4 is 16.2 Å². The molecule has 1 aliphatic rings. The van der Waals surface area contributed by atoms with Crippen LogP contribution in [0, 0.1) is 5.92 Å². The van der Waals surface area contributed by atoms with E-state index in [0.717, 1.165) is 31.8 Å². The van der Waals surface area contributed by atoms with Gasteiger partial charge in [-0.3, -0.25) is 4.79 Å². The van der Waals surface area contributed by atoms with Crippen molar-refractivity contribution in [3.8, 4) is 0 Å². The lowest BCUT2D eigenvalue weighted by Crippen LogP contribution is -2.29. The molecule has 0 aromatic carbocycles. The Bertz CT molecular complexity index is 429. The second-order valence-corrected chi connectivity index (χ2v) is 4.66. The first-order valence-corrected chi connectivity index (χ1v) is 6.30. The van der Waals surface area contributed by atoms with E-state index >= 15 is 0 Å². The molecule has 3 N–H and O–H groups in total. The molecule has 2 heterocycles. The third kappa shape index (κ3) is 2.60. The number of anilines is 2. The van der Waals surface area contributed by atoms with E-state index in [1.165, 1.54) is 19.2 Å². The van der Waals surface area contributed by atoms with Crippen LogP contribution in [-0.4, -0.2) is 23.1 Å². The summed E-state index contributed by atoms with van der Waals surface area (Å²) in [6, 6.07) is 0. The van der Waals surface area contributed by atoms with Gasteiger partial charge in [-0.05, 0) is 25.2 Å². The van der Waals surface area contributed by atoms with Crippen molar-refractivity contribution in [2.24, 2.45) is 5.92 Å². The number of hydrogen-bond donors (Lipinski definition) is 2. The largest absolute Gasteiger partial charge is 0.391 e. The molecule has 1 saturated heterocycles. The predicted octanol–water partition coefficient (Wildman–Crippen LogP) is 1.37. The minimum Gasteiger partial charge on any atom is -0.391 e. The van der Waals surface area contributed by atoms with Crippen molar-refractivity contribution in [1.29, 1.82) is 0 Å². The van der Waals surface area contributed by atoms with Gasteiger partial charge >= 0.3 is 0 Å². The van der Waals surface area contributed by atoms with Gasteiger partial charge in [-0.2, -0.15) is 0 Å². The van der Waals surface area contributed by atoms with Crippen molar-refractivity contribution in [3.63, 3.8) is 0 Å². The number of H-pyrrole nitrogens is 1. The van der Waals surface area contributed by atoms with Crippen molar-refractivity contribution in [2.75, 3.05) is 23.7 Å². The highest BCUT2D eigenvalue weighted by Crippen LogP contribution is 2.24. The summed E-state index contributed by atoms with van der Waals surface area (Å²) in [5, 5.41) is 0. The molecule has 0 bridgehead atoms. The van der Waals surface area contributed by atoms with E-state index in [0.29, 0.717) is 5.82 Å². The van der Waals surface area contributed by atoms with Crippen LogP contribution in [0.2, 0.25) is 0 Å². The number of nitrogens with one attached hydrogen (secondary N) is 1. The van der Waals surface area contributed by atoms with Crippen LogP contribution in [0.4, 0.5) is 11.5 Å². The Kier molecular flexibility index (Phi) is 3.66. The Morgan fingerprint density at radius 3 is 3.12 bits per heavy atom. The quantitative estimate of drug-likeness (QED) is 0.813. The monoisotopic (exact) mass is 236 g/mol. The standard InChI is InChI=1S/C12H20N4O/c1-2-9-4-3-6-16(7-5-9)11-10(13)12(17)15-8-14-11/h8-9H,2-7,13H2,1H3,(H,14,15,17). The van der Waals surface area contributed by atoms with E-state index in [4.69, 9.17) is 5.73 Å². The van der Waals surface area contributed by atoms with Gasteiger partial charge in [0.15, 0.2) is 5.82 Å². The van der Waals surface area contributed by atoms with Gasteiger partial charge in [-0.1, -0.05) is 13.3 Å². The highest BCUT2D eigenvalue weighted by molar-refractivity contribution is 5.60. The molecule has 94 valence electrons. The van der Waals surface area contributed by atoms with E-state index in [-0.39, 0.29) is 11.2 Å². The fraction of sp³-hybridized carbons (Fsp3) is 0.667. The van der Waals surface area contributed by atoms with Crippen molar-refractivity contribution < 1.29 is 0 Å². The highest BCUT2D eigenvalue weighted by Gasteiger charge is 2.19. The fourth-order valence-corrected chi connectivity index (χ4v) is 2.44. The zero-order valence-corrected chi connectivity index (χ0v) is 10.3. The molecule has 5 nitrogen and oxygen atoms in total. The van der Waals surface area contributed by atoms with Crippen LogP contribution in [-0.2, 0) is 0 Å². The van der Waals surface area contributed by atoms with Gasteiger partial charge in [0.1, 0.15) is 5.69 Å². The van der Waals surface area contributed by atoms with Gasteiger partial charge in [0.25, 0.3) is 5.56 Å². The van der Waals surface area contributed by atoms with Crippen LogP contribution in [0.25, 0.3) is 0 Å². The summed E-state index contributed by atoms with van der Waals surface area (Å²) in [5.41, 5.74) is 5.78. The smallest absolute Gasteiger partial charge is 0.276 e. The Hall–Kier alpha value is -1.52. The molecule has 1 unspecified atom stereocenters. The van der Waals surface area contributed by atoms with Crippen molar-refractivity contribution in [3.05, 3.63) is 16.7 Å². The van der Waals surface area contributed by atoms with Crippen LogP contribution >= 0.6 is 0 Å². The maximum absolute atomic E-state index is 11.4. The summed E-state index contributed by atoms with van der Waals surface area (Å²) in [5.74, 6) is 1.44. The molecule has 1 fully saturated rings. The van der Waals surface area contributed by atoms with Crippen molar-refractivity contribution in [1.82, 2.24) is 9.97 Å². The van der Waals surface area contributed by atoms with Crippen LogP contribution in [0.15, 0.2) is 11.1 Å². The predicted molar refractivity (Wildman–Crippen MR) is 69.1 cm³/mol. The number of hydrogen-bond acceptors (Lipinski definition) is 4. The summed E-state index contributed by atoms with van der Waals surface area (Å²) in [7, 11) is 0. The van der Waals surface area contributed by atoms with E-state index in [1.807, 2.05) is 0 Å². The number of aromatic nitrogens is 2. The lowest BCUT2D eigenvalue weighted by Gasteiger charge is -2.22. The Morgan fingerprint density at radius 2 is 2.35 bits per heavy atom. The number of aromatic amines is 1. The maximum Gasteiger partial charge on any atom is 0.276 e. The summed E-state index contributed by atoms with van der Waals surface area (Å²) in [4.78, 5) is 20.3. The van der Waals surface area contributed by atoms with Crippen molar-refractivity contribution >= 4 is 11.5 Å². The van der Waals surface area contributed by atoms with E-state index in [9.17, 15) is 4.79 Å². The second kappa shape index (κ2) is 5.21. The lowest BCUT2D eigenvalue weighted by molar-refractivity contribution is 0.459. The lowest BCUT2D eigenvalue weighted by atomic mass is 9.98. The Labute approximate surface area is 101 Å². The molecule has 0 aliphatic carbocycles. The molecule has 1 aliphatic heterocycles. The normalized spacial score (nSPS) is 21.2. The second-order valence-electron chi connectivity index (χ2n) is 4.66. The summed E-state index contributed by atoms with van der Waals surface area (Å²) < 4.78 is 0. The first-order valence-electron chi connectivity index (χ1n) is 6.30. The molecule has 0 saturated carbocycles. The SMILES string of the molecule is CCC1CCCN(c2nc[nH]c(=O)c2N)CC1. The molecule has 0 radical (unpaired) electrons. The Morgan fingerprint density at radius 1 is 1.53 bits per heavy atom. The number of nitrogens with two attached hydrogens (primary N) is 1. The number of nitrogens with zero attached hydrogens (tertiary/aromatic N) is 2. The molecular formula is C12H20N4O. The van der Waals surface area contributed by atoms with E-state index < -0.39 is 0 Å². The van der Waals surface area contributed by atoms with E-state index in [2.05, 4.69) is 21.8 Å². The number of rotatable bonds is 2. The van der Waals surface area contributed by atoms with Gasteiger partial charge in [-0.25, -0.2) is 4.98 Å². The molecule has 0 spiro atoms. The molecule has 1 aromatic rings. The average molecular weight is 236 g/mol. The van der Waals surface area contributed by atoms with Crippen LogP contribution in [0.5, 0.6) is 0 Å². The van der Waals surface area contributed by atoms with Crippen LogP contribution in [0.3, 0.4) is 0 Å². The summed E-state index contributed by atoms with van der Waals surface area (Å²) in [6.07, 6.45) is 6.22. The summed E-state index contributed by atoms with van der Waals surface area (Å²) in [6.45, 7) is 4.12. The molecule has 1 aromatic heterocycles. The topological polar surface area (TPSA) is 75.0 Å². The molecule has 2 rings (SSSR count). The molecule has 1 atom stereocenters. The fourth-order valence-electron chi connectivity index (χ4n) is 2.44. The van der Waals surface area contributed by atoms with Crippen molar-refractivity contribution in [2.45, 2.75) is 32.6 Å². The van der Waals surface area contributed by atoms with Gasteiger partial charge in [0, 0.05) is 13.1 Å². The first-order chi connectivity index (χ1) is 8.22. The highest BCUT2D eigenvalue weighted by atomic mass is 16.1. The molecule has 0 amide bonds. The van der Waals surface area contributed by atoms with E-state index in [1.54, 1.807) is 0 Å². The van der Waals surface area contributed by atoms with Gasteiger partial charge in [0.2, 0.25) is 0 Å². The minimum atomic E-state index is -0.244. The first kappa shape index (κ1) is 12.0. The third-order valence-corrected chi connectivity index (χ3v) is 3.59. The van der Waals surface area contributed by atoms with Gasteiger partial charge < -0.3 is 15.6 Å². The van der Waals surface area contributed by atoms with Crippen LogP contribution in [0.1, 0.15) is 32.6 Å². The third-order valence-electron chi connectivity index (χ3n) is 3.59. The minimum absolute atomic E-state index is 0.238. The van der Waals surface area contributed by atoms with Gasteiger partial charge in [0.05, 0.1) is 6.33 Å². The molecule has 17 heavy (non-hydrogen) atoms. The molecular weight excluding hydrogens is 216 g/mol. The summed E-state index contributed by atoms with van der Waals surface area (Å²) >= 11 is 0. The average Bonchev–Trinajstić information content (AvgIpc) is 2.58. The zero-order chi connectivity index (χ0) is 12.3. The Balaban J connectivity index is 2.17.